The predicted octanol–water partition coefficient (Wildman–Crippen LogP) is 2.35. The third-order valence-electron chi connectivity index (χ3n) is 4.31. The van der Waals surface area contributed by atoms with Gasteiger partial charge >= 0.3 is 0 Å². The van der Waals surface area contributed by atoms with Gasteiger partial charge in [-0.15, -0.1) is 0 Å². The number of H-pyrrole nitrogens is 1. The molecule has 3 aromatic rings. The Hall–Kier alpha value is -3.25. The van der Waals surface area contributed by atoms with Gasteiger partial charge in [-0.3, -0.25) is 5.10 Å². The number of aryl methyl sites for hydroxylation is 1. The average molecular weight is 331 g/mol. The number of carbonyl (C=O) groups is 1. The van der Waals surface area contributed by atoms with Gasteiger partial charge in [-0.25, -0.2) is 10.4 Å². The lowest BCUT2D eigenvalue weighted by molar-refractivity contribution is -0.112. The zero-order chi connectivity index (χ0) is 17.3. The van der Waals surface area contributed by atoms with E-state index in [4.69, 9.17) is 0 Å². The lowest BCUT2D eigenvalue weighted by atomic mass is 9.80. The summed E-state index contributed by atoms with van der Waals surface area (Å²) < 4.78 is 0. The minimum atomic E-state index is -0.974. The molecule has 1 aromatic heterocycles. The Morgan fingerprint density at radius 1 is 1.08 bits per heavy atom. The number of aldehydes is 1. The highest BCUT2D eigenvalue weighted by molar-refractivity contribution is 6.04. The molecule has 0 saturated heterocycles. The number of aromatic nitrogens is 2. The van der Waals surface area contributed by atoms with E-state index >= 15 is 0 Å². The molecule has 0 saturated carbocycles. The third kappa shape index (κ3) is 2.53. The number of fused-ring (bicyclic) bond motifs is 1. The van der Waals surface area contributed by atoms with Gasteiger partial charge < -0.3 is 10.2 Å². The maximum absolute atomic E-state index is 12.2. The number of carbonyl (C=O) groups excluding carboxylic acids is 1. The van der Waals surface area contributed by atoms with Crippen molar-refractivity contribution in [2.24, 2.45) is 4.99 Å². The highest BCUT2D eigenvalue weighted by Gasteiger charge is 2.40. The summed E-state index contributed by atoms with van der Waals surface area (Å²) in [5, 5.41) is 7.02. The molecule has 0 amide bonds. The van der Waals surface area contributed by atoms with Gasteiger partial charge in [0, 0.05) is 17.3 Å². The molecule has 2 aromatic carbocycles. The maximum Gasteiger partial charge on any atom is 0.175 e. The summed E-state index contributed by atoms with van der Waals surface area (Å²) in [6.45, 7) is 1.92. The fraction of sp³-hybridized carbons (Fsp3) is 0.105. The fourth-order valence-electron chi connectivity index (χ4n) is 3.08. The van der Waals surface area contributed by atoms with Crippen LogP contribution in [0.4, 0.5) is 5.82 Å². The lowest BCUT2D eigenvalue weighted by Crippen LogP contribution is -2.58. The van der Waals surface area contributed by atoms with E-state index in [1.165, 1.54) is 0 Å². The molecule has 25 heavy (non-hydrogen) atoms. The van der Waals surface area contributed by atoms with Gasteiger partial charge in [0.1, 0.15) is 11.4 Å². The minimum Gasteiger partial charge on any atom is -0.304 e. The van der Waals surface area contributed by atoms with Crippen LogP contribution in [-0.2, 0) is 10.3 Å². The van der Waals surface area contributed by atoms with Crippen LogP contribution in [-0.4, -0.2) is 22.3 Å². The van der Waals surface area contributed by atoms with Crippen LogP contribution in [0.5, 0.6) is 0 Å². The predicted molar refractivity (Wildman–Crippen MR) is 95.5 cm³/mol. The van der Waals surface area contributed by atoms with Crippen LogP contribution in [0.2, 0.25) is 0 Å². The van der Waals surface area contributed by atoms with Gasteiger partial charge in [0.2, 0.25) is 0 Å². The number of amidine groups is 1. The monoisotopic (exact) mass is 331 g/mol. The maximum atomic E-state index is 12.2. The zero-order valence-electron chi connectivity index (χ0n) is 13.7. The molecule has 6 heteroatoms. The van der Waals surface area contributed by atoms with Crippen molar-refractivity contribution < 1.29 is 4.79 Å². The molecular formula is C19H17N5O. The van der Waals surface area contributed by atoms with Crippen LogP contribution in [0.25, 0.3) is 0 Å². The van der Waals surface area contributed by atoms with E-state index in [1.807, 2.05) is 67.6 Å². The van der Waals surface area contributed by atoms with Crippen LogP contribution in [0, 0.1) is 6.92 Å². The summed E-state index contributed by atoms with van der Waals surface area (Å²) in [6.07, 6.45) is 0.920. The Morgan fingerprint density at radius 3 is 2.56 bits per heavy atom. The van der Waals surface area contributed by atoms with Gasteiger partial charge in [0.05, 0.1) is 0 Å². The van der Waals surface area contributed by atoms with Gasteiger partial charge in [-0.2, -0.15) is 5.10 Å². The van der Waals surface area contributed by atoms with Gasteiger partial charge in [0.15, 0.2) is 12.1 Å². The number of hydrazine groups is 1. The first-order chi connectivity index (χ1) is 12.2. The van der Waals surface area contributed by atoms with Crippen molar-refractivity contribution in [3.8, 4) is 0 Å². The first kappa shape index (κ1) is 15.3. The molecule has 124 valence electrons. The van der Waals surface area contributed by atoms with Crippen LogP contribution in [0.3, 0.4) is 0 Å². The number of rotatable bonds is 3. The van der Waals surface area contributed by atoms with Crippen molar-refractivity contribution >= 4 is 17.9 Å². The van der Waals surface area contributed by atoms with Crippen molar-refractivity contribution in [2.75, 3.05) is 0 Å². The number of hydrogen-bond acceptors (Lipinski definition) is 4. The highest BCUT2D eigenvalue weighted by atomic mass is 16.1. The van der Waals surface area contributed by atoms with Crippen molar-refractivity contribution in [2.45, 2.75) is 12.5 Å². The second-order valence-corrected chi connectivity index (χ2v) is 5.96. The molecule has 4 rings (SSSR count). The standard InChI is InChI=1S/C19H17N5O/c1-13-11-17(22-21-13)20-18-15-9-5-6-10-16(15)19(12-25,24-23-18)14-7-3-2-4-8-14/h2-12,24H,1H3,(H2,20,21,22,23). The van der Waals surface area contributed by atoms with Gasteiger partial charge in [0.25, 0.3) is 0 Å². The Bertz CT molecular complexity index is 947. The van der Waals surface area contributed by atoms with E-state index in [2.05, 4.69) is 26.0 Å². The van der Waals surface area contributed by atoms with Crippen LogP contribution < -0.4 is 10.9 Å². The summed E-state index contributed by atoms with van der Waals surface area (Å²) in [4.78, 5) is 16.7. The smallest absolute Gasteiger partial charge is 0.175 e. The van der Waals surface area contributed by atoms with E-state index in [1.54, 1.807) is 0 Å². The van der Waals surface area contributed by atoms with Crippen molar-refractivity contribution in [1.82, 2.24) is 21.0 Å². The van der Waals surface area contributed by atoms with E-state index in [9.17, 15) is 4.79 Å². The summed E-state index contributed by atoms with van der Waals surface area (Å²) >= 11 is 0. The number of hydrogen-bond donors (Lipinski definition) is 3. The molecule has 0 radical (unpaired) electrons. The number of benzene rings is 2. The van der Waals surface area contributed by atoms with Crippen molar-refractivity contribution in [3.05, 3.63) is 83.0 Å². The number of aliphatic imine (C=N–C) groups is 1. The number of aromatic amines is 1. The lowest BCUT2D eigenvalue weighted by Gasteiger charge is -2.37. The first-order valence-electron chi connectivity index (χ1n) is 7.98. The molecule has 0 bridgehead atoms. The normalized spacial score (nSPS) is 20.8. The topological polar surface area (TPSA) is 82.2 Å². The quantitative estimate of drug-likeness (QED) is 0.644. The SMILES string of the molecule is Cc1cc(N=C2NNC(C=O)(c3ccccc3)c3ccccc32)n[nH]1. The second-order valence-electron chi connectivity index (χ2n) is 5.96. The van der Waals surface area contributed by atoms with E-state index < -0.39 is 5.54 Å². The summed E-state index contributed by atoms with van der Waals surface area (Å²) in [6, 6.07) is 19.2. The van der Waals surface area contributed by atoms with E-state index in [0.717, 1.165) is 28.7 Å². The fourth-order valence-corrected chi connectivity index (χ4v) is 3.08. The Labute approximate surface area is 145 Å². The molecule has 6 nitrogen and oxygen atoms in total. The molecule has 1 aliphatic heterocycles. The molecular weight excluding hydrogens is 314 g/mol. The number of nitrogens with zero attached hydrogens (tertiary/aromatic N) is 2. The molecule has 1 atom stereocenters. The second kappa shape index (κ2) is 5.99. The Morgan fingerprint density at radius 2 is 1.84 bits per heavy atom. The first-order valence-corrected chi connectivity index (χ1v) is 7.98. The Kier molecular flexibility index (Phi) is 3.66. The zero-order valence-corrected chi connectivity index (χ0v) is 13.7. The van der Waals surface area contributed by atoms with Gasteiger partial charge in [-0.1, -0.05) is 54.6 Å². The number of nitrogens with one attached hydrogen (secondary N) is 3. The summed E-state index contributed by atoms with van der Waals surface area (Å²) in [5.41, 5.74) is 8.76. The third-order valence-corrected chi connectivity index (χ3v) is 4.31. The van der Waals surface area contributed by atoms with Gasteiger partial charge in [-0.05, 0) is 18.1 Å². The molecule has 0 aliphatic carbocycles. The Balaban J connectivity index is 1.87. The molecule has 2 heterocycles. The molecule has 0 spiro atoms. The average Bonchev–Trinajstić information content (AvgIpc) is 3.08. The van der Waals surface area contributed by atoms with Crippen LogP contribution >= 0.6 is 0 Å². The molecule has 1 aliphatic rings. The highest BCUT2D eigenvalue weighted by Crippen LogP contribution is 2.32. The van der Waals surface area contributed by atoms with E-state index in [-0.39, 0.29) is 0 Å². The van der Waals surface area contributed by atoms with Crippen LogP contribution in [0.15, 0.2) is 65.7 Å². The largest absolute Gasteiger partial charge is 0.304 e. The summed E-state index contributed by atoms with van der Waals surface area (Å²) in [5.74, 6) is 1.20. The molecule has 3 N–H and O–H groups in total. The molecule has 0 fully saturated rings. The van der Waals surface area contributed by atoms with Crippen LogP contribution in [0.1, 0.15) is 22.4 Å². The van der Waals surface area contributed by atoms with Crippen molar-refractivity contribution in [3.63, 3.8) is 0 Å². The van der Waals surface area contributed by atoms with Crippen molar-refractivity contribution in [1.29, 1.82) is 0 Å². The summed E-state index contributed by atoms with van der Waals surface area (Å²) in [7, 11) is 0. The molecule has 1 unspecified atom stereocenters. The minimum absolute atomic E-state index is 0.579. The van der Waals surface area contributed by atoms with E-state index in [0.29, 0.717) is 11.7 Å².